The van der Waals surface area contributed by atoms with Crippen LogP contribution in [0.25, 0.3) is 0 Å². The highest BCUT2D eigenvalue weighted by Crippen LogP contribution is 2.40. The number of nitrogens with zero attached hydrogens (tertiary/aromatic N) is 1. The van der Waals surface area contributed by atoms with Gasteiger partial charge in [-0.15, -0.1) is 11.3 Å². The van der Waals surface area contributed by atoms with Gasteiger partial charge in [-0.25, -0.2) is 0 Å². The first-order valence-electron chi connectivity index (χ1n) is 21.1. The molecule has 302 valence electrons. The summed E-state index contributed by atoms with van der Waals surface area (Å²) in [6.07, 6.45) is 11.1. The fraction of sp³-hybridized carbons (Fsp3) is 0.636. The Bertz CT molecular complexity index is 1760. The van der Waals surface area contributed by atoms with Gasteiger partial charge >= 0.3 is 0 Å². The van der Waals surface area contributed by atoms with E-state index in [1.54, 1.807) is 11.0 Å². The van der Waals surface area contributed by atoms with E-state index in [9.17, 15) is 24.0 Å². The molecule has 1 aromatic heterocycles. The largest absolute Gasteiger partial charge is 0.347 e. The molecule has 3 saturated carbocycles. The van der Waals surface area contributed by atoms with Gasteiger partial charge < -0.3 is 26.2 Å². The molecule has 1 saturated heterocycles. The first-order valence-corrected chi connectivity index (χ1v) is 21.9. The van der Waals surface area contributed by atoms with Crippen LogP contribution >= 0.6 is 11.3 Å². The van der Waals surface area contributed by atoms with Crippen molar-refractivity contribution in [1.82, 2.24) is 26.2 Å². The molecule has 0 bridgehead atoms. The van der Waals surface area contributed by atoms with E-state index in [4.69, 9.17) is 0 Å². The summed E-state index contributed by atoms with van der Waals surface area (Å²) < 4.78 is 0. The normalized spacial score (nSPS) is 23.7. The van der Waals surface area contributed by atoms with E-state index in [2.05, 4.69) is 54.2 Å². The third-order valence-electron chi connectivity index (χ3n) is 13.5. The van der Waals surface area contributed by atoms with Crippen molar-refractivity contribution in [2.75, 3.05) is 6.54 Å². The van der Waals surface area contributed by atoms with Crippen molar-refractivity contribution in [2.24, 2.45) is 29.1 Å². The third-order valence-corrected chi connectivity index (χ3v) is 14.4. The van der Waals surface area contributed by atoms with Gasteiger partial charge in [0.1, 0.15) is 18.1 Å². The molecular formula is C44H59N5O6S. The second-order valence-electron chi connectivity index (χ2n) is 18.0. The van der Waals surface area contributed by atoms with Crippen molar-refractivity contribution in [1.29, 1.82) is 0 Å². The predicted octanol–water partition coefficient (Wildman–Crippen LogP) is 5.11. The molecule has 4 aliphatic carbocycles. The summed E-state index contributed by atoms with van der Waals surface area (Å²) in [6, 6.07) is 8.00. The van der Waals surface area contributed by atoms with Gasteiger partial charge in [-0.2, -0.15) is 0 Å². The van der Waals surface area contributed by atoms with E-state index in [1.165, 1.54) is 11.3 Å². The highest BCUT2D eigenvalue weighted by molar-refractivity contribution is 7.12. The summed E-state index contributed by atoms with van der Waals surface area (Å²) in [5.41, 5.74) is 1.75. The van der Waals surface area contributed by atoms with Crippen LogP contribution in [0.5, 0.6) is 0 Å². The number of Topliss-reactive ketones (excluding diaryl/α,β-unsaturated/α-hetero) is 1. The monoisotopic (exact) mass is 785 g/mol. The molecule has 1 aliphatic heterocycles. The van der Waals surface area contributed by atoms with Crippen molar-refractivity contribution >= 4 is 46.7 Å². The molecule has 0 spiro atoms. The maximum atomic E-state index is 15.2. The van der Waals surface area contributed by atoms with Crippen molar-refractivity contribution < 1.29 is 28.8 Å². The number of hydrogen-bond acceptors (Lipinski definition) is 7. The fourth-order valence-corrected chi connectivity index (χ4v) is 10.1. The van der Waals surface area contributed by atoms with Gasteiger partial charge in [0, 0.05) is 12.6 Å². The quantitative estimate of drug-likeness (QED) is 0.184. The SMILES string of the molecule is CC(C)[C@@H]1C[C@@H](C(=O)NC(CC2CCC2)C(=O)C(=O)NC2CC2)N(C(=O)[C@@H](NC(=O)[C@@H](NC(=O)c2cccs2)C2(C)CCCCC2)C2Cc3ccccc3C2)C1. The van der Waals surface area contributed by atoms with Gasteiger partial charge in [-0.05, 0) is 103 Å². The van der Waals surface area contributed by atoms with Crippen molar-refractivity contribution in [3.63, 3.8) is 0 Å². The van der Waals surface area contributed by atoms with E-state index in [-0.39, 0.29) is 47.4 Å². The summed E-state index contributed by atoms with van der Waals surface area (Å²) >= 11 is 1.32. The number of carbonyl (C=O) groups excluding carboxylic acids is 6. The summed E-state index contributed by atoms with van der Waals surface area (Å²) in [4.78, 5) is 86.5. The first-order chi connectivity index (χ1) is 26.9. The Hall–Kier alpha value is -4.06. The zero-order valence-corrected chi connectivity index (χ0v) is 34.0. The average Bonchev–Trinajstić information content (AvgIpc) is 3.53. The van der Waals surface area contributed by atoms with Crippen molar-refractivity contribution in [3.8, 4) is 0 Å². The van der Waals surface area contributed by atoms with Crippen molar-refractivity contribution in [3.05, 3.63) is 57.8 Å². The molecule has 11 nitrogen and oxygen atoms in total. The summed E-state index contributed by atoms with van der Waals surface area (Å²) in [5, 5.41) is 13.9. The van der Waals surface area contributed by atoms with Gasteiger partial charge in [0.05, 0.1) is 10.9 Å². The molecule has 5 amide bonds. The molecule has 2 heterocycles. The zero-order chi connectivity index (χ0) is 39.6. The topological polar surface area (TPSA) is 154 Å². The lowest BCUT2D eigenvalue weighted by Gasteiger charge is -2.41. The molecule has 4 fully saturated rings. The molecule has 0 radical (unpaired) electrons. The molecule has 7 rings (SSSR count). The molecular weight excluding hydrogens is 727 g/mol. The number of benzene rings is 1. The van der Waals surface area contributed by atoms with E-state index >= 15 is 4.79 Å². The molecule has 5 aliphatic rings. The number of carbonyl (C=O) groups is 6. The Morgan fingerprint density at radius 2 is 1.54 bits per heavy atom. The lowest BCUT2D eigenvalue weighted by molar-refractivity contribution is -0.145. The minimum absolute atomic E-state index is 0.0134. The highest BCUT2D eigenvalue weighted by atomic mass is 32.1. The number of nitrogens with one attached hydrogen (secondary N) is 4. The fourth-order valence-electron chi connectivity index (χ4n) is 9.49. The number of rotatable bonds is 15. The number of likely N-dealkylation sites (tertiary alicyclic amines) is 1. The Morgan fingerprint density at radius 3 is 2.12 bits per heavy atom. The van der Waals surface area contributed by atoms with E-state index in [1.807, 2.05) is 23.6 Å². The van der Waals surface area contributed by atoms with Gasteiger partial charge in [0.2, 0.25) is 23.5 Å². The van der Waals surface area contributed by atoms with Crippen LogP contribution in [0.15, 0.2) is 41.8 Å². The minimum Gasteiger partial charge on any atom is -0.347 e. The van der Waals surface area contributed by atoms with Crippen LogP contribution in [0.1, 0.15) is 119 Å². The summed E-state index contributed by atoms with van der Waals surface area (Å²) in [6.45, 7) is 6.56. The lowest BCUT2D eigenvalue weighted by atomic mass is 9.70. The number of hydrogen-bond donors (Lipinski definition) is 4. The standard InChI is InChI=1S/C44H59N5O6S/c1-26(2)31-24-34(39(51)46-33(21-27-11-9-12-27)37(50)41(53)45-32-16-17-32)49(25-31)43(55)36(30-22-28-13-5-6-14-29(28)23-30)47-42(54)38(44(3)18-7-4-8-19-44)48-40(52)35-15-10-20-56-35/h5-6,10,13-15,20,26-27,30-34,36,38H,4,7-9,11-12,16-19,21-25H2,1-3H3,(H,45,53)(H,46,51)(H,47,54)(H,48,52)/t31-,33?,34+,36+,38-/m1/s1. The highest BCUT2D eigenvalue weighted by Gasteiger charge is 2.48. The summed E-state index contributed by atoms with van der Waals surface area (Å²) in [7, 11) is 0. The Kier molecular flexibility index (Phi) is 12.3. The predicted molar refractivity (Wildman–Crippen MR) is 215 cm³/mol. The van der Waals surface area contributed by atoms with Crippen LogP contribution in [0, 0.1) is 29.1 Å². The Morgan fingerprint density at radius 1 is 0.839 bits per heavy atom. The number of ketones is 1. The van der Waals surface area contributed by atoms with Crippen LogP contribution in [-0.4, -0.2) is 77.0 Å². The number of fused-ring (bicyclic) bond motifs is 1. The number of thiophene rings is 1. The van der Waals surface area contributed by atoms with Gasteiger partial charge in [0.25, 0.3) is 11.8 Å². The van der Waals surface area contributed by atoms with Crippen molar-refractivity contribution in [2.45, 2.75) is 141 Å². The van der Waals surface area contributed by atoms with E-state index in [0.29, 0.717) is 37.1 Å². The molecule has 56 heavy (non-hydrogen) atoms. The lowest BCUT2D eigenvalue weighted by Crippen LogP contribution is -2.62. The number of amides is 5. The minimum atomic E-state index is -0.967. The second kappa shape index (κ2) is 17.2. The van der Waals surface area contributed by atoms with Crippen LogP contribution in [0.2, 0.25) is 0 Å². The molecule has 1 aromatic carbocycles. The Labute approximate surface area is 334 Å². The maximum absolute atomic E-state index is 15.2. The van der Waals surface area contributed by atoms with Gasteiger partial charge in [0.15, 0.2) is 0 Å². The Balaban J connectivity index is 1.16. The molecule has 12 heteroatoms. The van der Waals surface area contributed by atoms with Crippen LogP contribution in [0.3, 0.4) is 0 Å². The zero-order valence-electron chi connectivity index (χ0n) is 33.1. The van der Waals surface area contributed by atoms with E-state index in [0.717, 1.165) is 75.3 Å². The molecule has 4 N–H and O–H groups in total. The smallest absolute Gasteiger partial charge is 0.289 e. The van der Waals surface area contributed by atoms with Gasteiger partial charge in [-0.1, -0.05) is 89.6 Å². The van der Waals surface area contributed by atoms with E-state index < -0.39 is 47.2 Å². The molecule has 5 atom stereocenters. The first kappa shape index (κ1) is 40.1. The van der Waals surface area contributed by atoms with Gasteiger partial charge in [-0.3, -0.25) is 28.8 Å². The molecule has 2 aromatic rings. The maximum Gasteiger partial charge on any atom is 0.289 e. The molecule has 1 unspecified atom stereocenters. The van der Waals surface area contributed by atoms with Crippen LogP contribution < -0.4 is 21.3 Å². The van der Waals surface area contributed by atoms with Crippen LogP contribution in [0.4, 0.5) is 0 Å². The summed E-state index contributed by atoms with van der Waals surface area (Å²) in [5.74, 6) is -2.57. The second-order valence-corrected chi connectivity index (χ2v) is 18.9. The van der Waals surface area contributed by atoms with Crippen LogP contribution in [-0.2, 0) is 36.8 Å². The third kappa shape index (κ3) is 9.05. The average molecular weight is 786 g/mol.